The van der Waals surface area contributed by atoms with Crippen molar-refractivity contribution in [2.75, 3.05) is 51.2 Å². The molecule has 2 aliphatic heterocycles. The number of piperazine rings is 1. The highest BCUT2D eigenvalue weighted by molar-refractivity contribution is 7.09. The maximum Gasteiger partial charge on any atom is 0.227 e. The van der Waals surface area contributed by atoms with E-state index in [1.165, 1.54) is 10.4 Å². The Balaban J connectivity index is 1.17. The number of anilines is 1. The molecule has 1 amide bonds. The quantitative estimate of drug-likeness (QED) is 0.439. The predicted octanol–water partition coefficient (Wildman–Crippen LogP) is 2.81. The van der Waals surface area contributed by atoms with Crippen LogP contribution in [0, 0.1) is 0 Å². The standard InChI is InChI=1S/C23H31N5OS/c1-24-23(27-15-13-26(14-16-27)18-20-7-5-17-30-20)25-11-4-9-22(29)28-12-10-19-6-2-3-8-21(19)28/h2-3,5-8,17H,4,9-16,18H2,1H3,(H,24,25). The first-order valence-corrected chi connectivity index (χ1v) is 11.7. The SMILES string of the molecule is CN=C(NCCCC(=O)N1CCc2ccccc21)N1CCN(Cc2cccs2)CC1. The zero-order valence-electron chi connectivity index (χ0n) is 17.7. The molecule has 0 atom stereocenters. The largest absolute Gasteiger partial charge is 0.356 e. The second kappa shape index (κ2) is 10.1. The van der Waals surface area contributed by atoms with E-state index in [4.69, 9.17) is 0 Å². The van der Waals surface area contributed by atoms with Gasteiger partial charge >= 0.3 is 0 Å². The van der Waals surface area contributed by atoms with E-state index in [2.05, 4.69) is 49.8 Å². The molecule has 160 valence electrons. The Morgan fingerprint density at radius 1 is 1.10 bits per heavy atom. The van der Waals surface area contributed by atoms with Crippen molar-refractivity contribution in [1.82, 2.24) is 15.1 Å². The van der Waals surface area contributed by atoms with E-state index in [1.54, 1.807) is 0 Å². The van der Waals surface area contributed by atoms with Gasteiger partial charge in [-0.25, -0.2) is 0 Å². The van der Waals surface area contributed by atoms with Gasteiger partial charge in [-0.05, 0) is 35.9 Å². The van der Waals surface area contributed by atoms with Crippen LogP contribution in [0.1, 0.15) is 23.3 Å². The van der Waals surface area contributed by atoms with E-state index in [0.717, 1.165) is 70.3 Å². The number of nitrogens with one attached hydrogen (secondary N) is 1. The third-order valence-corrected chi connectivity index (χ3v) is 6.74. The normalized spacial score (nSPS) is 17.3. The third-order valence-electron chi connectivity index (χ3n) is 5.88. The molecule has 4 rings (SSSR count). The number of amides is 1. The minimum Gasteiger partial charge on any atom is -0.356 e. The molecule has 2 aliphatic rings. The van der Waals surface area contributed by atoms with Gasteiger partial charge in [0.2, 0.25) is 5.91 Å². The molecule has 0 radical (unpaired) electrons. The van der Waals surface area contributed by atoms with Gasteiger partial charge in [-0.1, -0.05) is 24.3 Å². The number of hydrogen-bond acceptors (Lipinski definition) is 4. The Hall–Kier alpha value is -2.38. The van der Waals surface area contributed by atoms with Gasteiger partial charge in [-0.15, -0.1) is 11.3 Å². The van der Waals surface area contributed by atoms with Crippen molar-refractivity contribution in [3.8, 4) is 0 Å². The van der Waals surface area contributed by atoms with E-state index >= 15 is 0 Å². The second-order valence-electron chi connectivity index (χ2n) is 7.84. The van der Waals surface area contributed by atoms with Crippen LogP contribution in [0.25, 0.3) is 0 Å². The first-order valence-electron chi connectivity index (χ1n) is 10.8. The average Bonchev–Trinajstić information content (AvgIpc) is 3.44. The summed E-state index contributed by atoms with van der Waals surface area (Å²) in [4.78, 5) is 25.3. The smallest absolute Gasteiger partial charge is 0.227 e. The number of aliphatic imine (C=N–C) groups is 1. The van der Waals surface area contributed by atoms with Crippen LogP contribution < -0.4 is 10.2 Å². The Labute approximate surface area is 183 Å². The summed E-state index contributed by atoms with van der Waals surface area (Å²) in [6.07, 6.45) is 2.34. The van der Waals surface area contributed by atoms with Crippen molar-refractivity contribution in [3.05, 3.63) is 52.2 Å². The molecule has 7 heteroatoms. The minimum atomic E-state index is 0.221. The first kappa shape index (κ1) is 20.9. The highest BCUT2D eigenvalue weighted by Crippen LogP contribution is 2.28. The second-order valence-corrected chi connectivity index (χ2v) is 8.88. The fourth-order valence-electron chi connectivity index (χ4n) is 4.25. The molecule has 3 heterocycles. The fourth-order valence-corrected chi connectivity index (χ4v) is 4.99. The number of para-hydroxylation sites is 1. The van der Waals surface area contributed by atoms with Gasteiger partial charge in [-0.3, -0.25) is 14.7 Å². The summed E-state index contributed by atoms with van der Waals surface area (Å²) in [6.45, 7) is 6.67. The lowest BCUT2D eigenvalue weighted by molar-refractivity contribution is -0.118. The predicted molar refractivity (Wildman–Crippen MR) is 124 cm³/mol. The fraction of sp³-hybridized carbons (Fsp3) is 0.478. The van der Waals surface area contributed by atoms with Crippen LogP contribution in [-0.4, -0.2) is 68.0 Å². The van der Waals surface area contributed by atoms with Gasteiger partial charge in [0.05, 0.1) is 0 Å². The summed E-state index contributed by atoms with van der Waals surface area (Å²) in [5, 5.41) is 5.60. The Morgan fingerprint density at radius 2 is 1.93 bits per heavy atom. The van der Waals surface area contributed by atoms with Crippen molar-refractivity contribution in [3.63, 3.8) is 0 Å². The van der Waals surface area contributed by atoms with Crippen molar-refractivity contribution in [2.24, 2.45) is 4.99 Å². The van der Waals surface area contributed by atoms with Crippen LogP contribution in [0.15, 0.2) is 46.8 Å². The Kier molecular flexibility index (Phi) is 7.02. The lowest BCUT2D eigenvalue weighted by Crippen LogP contribution is -2.52. The first-order chi connectivity index (χ1) is 14.7. The molecule has 1 aromatic heterocycles. The molecule has 0 unspecified atom stereocenters. The molecular formula is C23H31N5OS. The van der Waals surface area contributed by atoms with E-state index in [0.29, 0.717) is 6.42 Å². The summed E-state index contributed by atoms with van der Waals surface area (Å²) < 4.78 is 0. The van der Waals surface area contributed by atoms with Crippen LogP contribution in [0.2, 0.25) is 0 Å². The number of thiophene rings is 1. The molecule has 1 fully saturated rings. The van der Waals surface area contributed by atoms with Crippen LogP contribution >= 0.6 is 11.3 Å². The zero-order chi connectivity index (χ0) is 20.8. The number of guanidine groups is 1. The molecule has 2 aromatic rings. The van der Waals surface area contributed by atoms with Crippen LogP contribution in [0.4, 0.5) is 5.69 Å². The number of nitrogens with zero attached hydrogens (tertiary/aromatic N) is 4. The van der Waals surface area contributed by atoms with Crippen molar-refractivity contribution in [1.29, 1.82) is 0 Å². The molecule has 1 saturated heterocycles. The monoisotopic (exact) mass is 425 g/mol. The number of benzene rings is 1. The molecule has 0 spiro atoms. The van der Waals surface area contributed by atoms with E-state index in [1.807, 2.05) is 35.4 Å². The highest BCUT2D eigenvalue weighted by atomic mass is 32.1. The Bertz CT molecular complexity index is 858. The molecular weight excluding hydrogens is 394 g/mol. The van der Waals surface area contributed by atoms with Gasteiger partial charge < -0.3 is 15.1 Å². The number of carbonyl (C=O) groups is 1. The maximum absolute atomic E-state index is 12.6. The minimum absolute atomic E-state index is 0.221. The summed E-state index contributed by atoms with van der Waals surface area (Å²) >= 11 is 1.83. The van der Waals surface area contributed by atoms with Gasteiger partial charge in [0.15, 0.2) is 5.96 Å². The van der Waals surface area contributed by atoms with E-state index in [-0.39, 0.29) is 5.91 Å². The molecule has 1 aromatic carbocycles. The van der Waals surface area contributed by atoms with Gasteiger partial charge in [-0.2, -0.15) is 0 Å². The van der Waals surface area contributed by atoms with Gasteiger partial charge in [0, 0.05) is 69.8 Å². The number of rotatable bonds is 6. The lowest BCUT2D eigenvalue weighted by atomic mass is 10.2. The van der Waals surface area contributed by atoms with Crippen LogP contribution in [0.5, 0.6) is 0 Å². The van der Waals surface area contributed by atoms with Crippen LogP contribution in [0.3, 0.4) is 0 Å². The van der Waals surface area contributed by atoms with E-state index < -0.39 is 0 Å². The summed E-state index contributed by atoms with van der Waals surface area (Å²) in [7, 11) is 1.84. The number of hydrogen-bond donors (Lipinski definition) is 1. The van der Waals surface area contributed by atoms with Crippen LogP contribution in [-0.2, 0) is 17.8 Å². The Morgan fingerprint density at radius 3 is 2.70 bits per heavy atom. The van der Waals surface area contributed by atoms with Gasteiger partial charge in [0.25, 0.3) is 0 Å². The number of carbonyl (C=O) groups excluding carboxylic acids is 1. The topological polar surface area (TPSA) is 51.2 Å². The number of fused-ring (bicyclic) bond motifs is 1. The average molecular weight is 426 g/mol. The molecule has 30 heavy (non-hydrogen) atoms. The summed E-state index contributed by atoms with van der Waals surface area (Å²) in [6, 6.07) is 12.6. The maximum atomic E-state index is 12.6. The molecule has 1 N–H and O–H groups in total. The van der Waals surface area contributed by atoms with Crippen molar-refractivity contribution >= 4 is 28.9 Å². The van der Waals surface area contributed by atoms with Gasteiger partial charge in [0.1, 0.15) is 0 Å². The molecule has 0 bridgehead atoms. The highest BCUT2D eigenvalue weighted by Gasteiger charge is 2.24. The third kappa shape index (κ3) is 5.02. The van der Waals surface area contributed by atoms with E-state index in [9.17, 15) is 4.79 Å². The van der Waals surface area contributed by atoms with Crippen molar-refractivity contribution in [2.45, 2.75) is 25.8 Å². The molecule has 0 aliphatic carbocycles. The summed E-state index contributed by atoms with van der Waals surface area (Å²) in [5.74, 6) is 1.17. The molecule has 0 saturated carbocycles. The zero-order valence-corrected chi connectivity index (χ0v) is 18.5. The summed E-state index contributed by atoms with van der Waals surface area (Å²) in [5.41, 5.74) is 2.37. The van der Waals surface area contributed by atoms with Crippen molar-refractivity contribution < 1.29 is 4.79 Å². The molecule has 6 nitrogen and oxygen atoms in total. The lowest BCUT2D eigenvalue weighted by Gasteiger charge is -2.36.